The van der Waals surface area contributed by atoms with E-state index in [0.29, 0.717) is 0 Å². The molecule has 1 heterocycles. The standard InChI is InChI=1S/C7H8F3N3O/c8-7(9,10)14-6-4(2-11)1-5(12)3-13-6/h1,3H,2,11-12H2. The largest absolute Gasteiger partial charge is 0.574 e. The lowest BCUT2D eigenvalue weighted by atomic mass is 10.2. The summed E-state index contributed by atoms with van der Waals surface area (Å²) in [6.07, 6.45) is -3.70. The van der Waals surface area contributed by atoms with Crippen LogP contribution in [0.1, 0.15) is 5.56 Å². The van der Waals surface area contributed by atoms with Gasteiger partial charge in [0.05, 0.1) is 11.9 Å². The number of aromatic nitrogens is 1. The quantitative estimate of drug-likeness (QED) is 0.759. The summed E-state index contributed by atoms with van der Waals surface area (Å²) < 4.78 is 39.1. The minimum absolute atomic E-state index is 0.113. The van der Waals surface area contributed by atoms with Crippen LogP contribution in [0.25, 0.3) is 0 Å². The van der Waals surface area contributed by atoms with E-state index in [9.17, 15) is 13.2 Å². The molecule has 0 aromatic carbocycles. The molecule has 4 nitrogen and oxygen atoms in total. The number of rotatable bonds is 2. The fourth-order valence-corrected chi connectivity index (χ4v) is 0.864. The van der Waals surface area contributed by atoms with E-state index in [1.807, 2.05) is 0 Å². The zero-order valence-corrected chi connectivity index (χ0v) is 7.01. The molecule has 0 spiro atoms. The fraction of sp³-hybridized carbons (Fsp3) is 0.286. The number of hydrogen-bond acceptors (Lipinski definition) is 4. The third-order valence-electron chi connectivity index (χ3n) is 1.38. The van der Waals surface area contributed by atoms with Crippen molar-refractivity contribution in [3.05, 3.63) is 17.8 Å². The number of alkyl halides is 3. The minimum Gasteiger partial charge on any atom is -0.397 e. The molecule has 1 rings (SSSR count). The first kappa shape index (κ1) is 10.6. The summed E-state index contributed by atoms with van der Waals surface area (Å²) in [5, 5.41) is 0. The highest BCUT2D eigenvalue weighted by atomic mass is 19.4. The van der Waals surface area contributed by atoms with Crippen LogP contribution in [0.4, 0.5) is 18.9 Å². The van der Waals surface area contributed by atoms with E-state index in [1.54, 1.807) is 0 Å². The number of ether oxygens (including phenoxy) is 1. The highest BCUT2D eigenvalue weighted by Gasteiger charge is 2.32. The number of halogens is 3. The summed E-state index contributed by atoms with van der Waals surface area (Å²) in [5.74, 6) is -0.561. The van der Waals surface area contributed by atoms with Gasteiger partial charge >= 0.3 is 6.36 Å². The van der Waals surface area contributed by atoms with Crippen molar-refractivity contribution >= 4 is 5.69 Å². The molecule has 14 heavy (non-hydrogen) atoms. The van der Waals surface area contributed by atoms with Crippen molar-refractivity contribution in [3.63, 3.8) is 0 Å². The number of hydrogen-bond donors (Lipinski definition) is 2. The Morgan fingerprint density at radius 1 is 1.43 bits per heavy atom. The number of pyridine rings is 1. The number of nitrogen functional groups attached to an aromatic ring is 1. The third-order valence-corrected chi connectivity index (χ3v) is 1.38. The molecule has 0 radical (unpaired) electrons. The Morgan fingerprint density at radius 2 is 2.07 bits per heavy atom. The monoisotopic (exact) mass is 207 g/mol. The molecule has 7 heteroatoms. The van der Waals surface area contributed by atoms with E-state index in [1.165, 1.54) is 6.07 Å². The predicted molar refractivity (Wildman–Crippen MR) is 43.2 cm³/mol. The molecule has 78 valence electrons. The van der Waals surface area contributed by atoms with Gasteiger partial charge < -0.3 is 16.2 Å². The van der Waals surface area contributed by atoms with Gasteiger partial charge in [0.2, 0.25) is 5.88 Å². The second-order valence-corrected chi connectivity index (χ2v) is 2.48. The second kappa shape index (κ2) is 3.70. The maximum Gasteiger partial charge on any atom is 0.574 e. The van der Waals surface area contributed by atoms with Crippen molar-refractivity contribution in [2.45, 2.75) is 12.9 Å². The molecule has 0 aliphatic carbocycles. The minimum atomic E-state index is -4.77. The second-order valence-electron chi connectivity index (χ2n) is 2.48. The van der Waals surface area contributed by atoms with E-state index in [0.717, 1.165) is 6.20 Å². The fourth-order valence-electron chi connectivity index (χ4n) is 0.864. The number of anilines is 1. The van der Waals surface area contributed by atoms with Gasteiger partial charge in [-0.25, -0.2) is 4.98 Å². The van der Waals surface area contributed by atoms with E-state index < -0.39 is 12.2 Å². The van der Waals surface area contributed by atoms with Gasteiger partial charge in [-0.05, 0) is 6.07 Å². The van der Waals surface area contributed by atoms with Crippen LogP contribution in [0, 0.1) is 0 Å². The average molecular weight is 207 g/mol. The topological polar surface area (TPSA) is 74.2 Å². The summed E-state index contributed by atoms with van der Waals surface area (Å²) in [7, 11) is 0. The Bertz CT molecular complexity index is 326. The summed E-state index contributed by atoms with van der Waals surface area (Å²) in [4.78, 5) is 3.39. The van der Waals surface area contributed by atoms with Gasteiger partial charge in [-0.15, -0.1) is 13.2 Å². The van der Waals surface area contributed by atoms with Crippen LogP contribution in [0.3, 0.4) is 0 Å². The Morgan fingerprint density at radius 3 is 2.57 bits per heavy atom. The van der Waals surface area contributed by atoms with Gasteiger partial charge in [0, 0.05) is 12.1 Å². The van der Waals surface area contributed by atoms with Crippen molar-refractivity contribution < 1.29 is 17.9 Å². The molecular weight excluding hydrogens is 199 g/mol. The molecule has 0 bridgehead atoms. The Labute approximate surface area is 77.7 Å². The van der Waals surface area contributed by atoms with Crippen molar-refractivity contribution in [1.29, 1.82) is 0 Å². The van der Waals surface area contributed by atoms with Crippen molar-refractivity contribution in [2.75, 3.05) is 5.73 Å². The molecule has 4 N–H and O–H groups in total. The zero-order valence-electron chi connectivity index (χ0n) is 7.01. The van der Waals surface area contributed by atoms with Gasteiger partial charge in [0.25, 0.3) is 0 Å². The van der Waals surface area contributed by atoms with Crippen LogP contribution in [0.5, 0.6) is 5.88 Å². The molecule has 0 amide bonds. The smallest absolute Gasteiger partial charge is 0.397 e. The maximum absolute atomic E-state index is 11.8. The molecule has 0 saturated heterocycles. The van der Waals surface area contributed by atoms with Crippen LogP contribution >= 0.6 is 0 Å². The van der Waals surface area contributed by atoms with Crippen molar-refractivity contribution in [3.8, 4) is 5.88 Å². The van der Waals surface area contributed by atoms with E-state index in [4.69, 9.17) is 11.5 Å². The van der Waals surface area contributed by atoms with Crippen LogP contribution in [0.2, 0.25) is 0 Å². The summed E-state index contributed by atoms with van der Waals surface area (Å²) in [6.45, 7) is -0.122. The zero-order chi connectivity index (χ0) is 10.8. The Kier molecular flexibility index (Phi) is 2.80. The average Bonchev–Trinajstić information content (AvgIpc) is 2.06. The molecule has 0 aliphatic rings. The molecular formula is C7H8F3N3O. The normalized spacial score (nSPS) is 11.4. The third kappa shape index (κ3) is 2.77. The first-order chi connectivity index (χ1) is 6.42. The van der Waals surface area contributed by atoms with Gasteiger partial charge in [0.1, 0.15) is 0 Å². The predicted octanol–water partition coefficient (Wildman–Crippen LogP) is 1.02. The lowest BCUT2D eigenvalue weighted by Crippen LogP contribution is -2.19. The summed E-state index contributed by atoms with van der Waals surface area (Å²) in [5.41, 5.74) is 10.9. The lowest BCUT2D eigenvalue weighted by Gasteiger charge is -2.11. The SMILES string of the molecule is NCc1cc(N)cnc1OC(F)(F)F. The highest BCUT2D eigenvalue weighted by Crippen LogP contribution is 2.24. The van der Waals surface area contributed by atoms with Crippen molar-refractivity contribution in [1.82, 2.24) is 4.98 Å². The van der Waals surface area contributed by atoms with Crippen LogP contribution in [-0.2, 0) is 6.54 Å². The summed E-state index contributed by atoms with van der Waals surface area (Å²) >= 11 is 0. The van der Waals surface area contributed by atoms with Gasteiger partial charge in [-0.3, -0.25) is 0 Å². The Balaban J connectivity index is 2.97. The first-order valence-electron chi connectivity index (χ1n) is 3.62. The molecule has 0 unspecified atom stereocenters. The maximum atomic E-state index is 11.8. The molecule has 0 saturated carbocycles. The molecule has 0 atom stereocenters. The summed E-state index contributed by atoms with van der Waals surface area (Å²) in [6, 6.07) is 1.29. The number of nitrogens with two attached hydrogens (primary N) is 2. The molecule has 1 aromatic rings. The van der Waals surface area contributed by atoms with Crippen LogP contribution in [0.15, 0.2) is 12.3 Å². The molecule has 0 fully saturated rings. The van der Waals surface area contributed by atoms with E-state index in [2.05, 4.69) is 9.72 Å². The van der Waals surface area contributed by atoms with Crippen LogP contribution < -0.4 is 16.2 Å². The van der Waals surface area contributed by atoms with Gasteiger partial charge in [-0.1, -0.05) is 0 Å². The van der Waals surface area contributed by atoms with Crippen LogP contribution in [-0.4, -0.2) is 11.3 Å². The lowest BCUT2D eigenvalue weighted by molar-refractivity contribution is -0.276. The molecule has 0 aliphatic heterocycles. The van der Waals surface area contributed by atoms with Crippen molar-refractivity contribution in [2.24, 2.45) is 5.73 Å². The first-order valence-corrected chi connectivity index (χ1v) is 3.62. The highest BCUT2D eigenvalue weighted by molar-refractivity contribution is 5.42. The Hall–Kier alpha value is -1.50. The van der Waals surface area contributed by atoms with E-state index in [-0.39, 0.29) is 17.8 Å². The molecule has 1 aromatic heterocycles. The van der Waals surface area contributed by atoms with Gasteiger partial charge in [-0.2, -0.15) is 0 Å². The van der Waals surface area contributed by atoms with E-state index >= 15 is 0 Å². The van der Waals surface area contributed by atoms with Gasteiger partial charge in [0.15, 0.2) is 0 Å². The number of nitrogens with zero attached hydrogens (tertiary/aromatic N) is 1.